The molecule has 1 heterocycles. The number of hydrogen-bond acceptors (Lipinski definition) is 2. The molecule has 0 radical (unpaired) electrons. The Balaban J connectivity index is 1.99. The number of aryl methyl sites for hydroxylation is 1. The third-order valence-corrected chi connectivity index (χ3v) is 3.47. The Kier molecular flexibility index (Phi) is 2.92. The molecule has 0 unspecified atom stereocenters. The van der Waals surface area contributed by atoms with Crippen LogP contribution in [0.2, 0.25) is 0 Å². The van der Waals surface area contributed by atoms with Crippen molar-refractivity contribution in [1.29, 1.82) is 0 Å². The van der Waals surface area contributed by atoms with E-state index >= 15 is 0 Å². The first-order valence-electron chi connectivity index (χ1n) is 6.43. The maximum atomic E-state index is 4.63. The van der Waals surface area contributed by atoms with Gasteiger partial charge in [0.05, 0.1) is 5.52 Å². The predicted molar refractivity (Wildman–Crippen MR) is 80.9 cm³/mol. The number of anilines is 2. The van der Waals surface area contributed by atoms with E-state index in [1.165, 1.54) is 11.1 Å². The normalized spacial score (nSPS) is 10.6. The Morgan fingerprint density at radius 2 is 1.68 bits per heavy atom. The number of fused-ring (bicyclic) bond motifs is 1. The molecule has 0 aliphatic carbocycles. The third-order valence-electron chi connectivity index (χ3n) is 3.47. The molecule has 0 spiro atoms. The molecule has 0 bridgehead atoms. The van der Waals surface area contributed by atoms with Crippen molar-refractivity contribution < 1.29 is 0 Å². The SMILES string of the molecule is Cc1cccc(Nc2ccc3ccccc3n2)c1C. The molecule has 1 N–H and O–H groups in total. The molecule has 0 saturated carbocycles. The summed E-state index contributed by atoms with van der Waals surface area (Å²) in [5.74, 6) is 0.882. The lowest BCUT2D eigenvalue weighted by molar-refractivity contribution is 1.30. The van der Waals surface area contributed by atoms with E-state index < -0.39 is 0 Å². The standard InChI is InChI=1S/C17H16N2/c1-12-6-5-9-15(13(12)2)18-17-11-10-14-7-3-4-8-16(14)19-17/h3-11H,1-2H3,(H,18,19). The minimum atomic E-state index is 0.882. The molecular weight excluding hydrogens is 232 g/mol. The number of nitrogens with one attached hydrogen (secondary N) is 1. The minimum absolute atomic E-state index is 0.882. The summed E-state index contributed by atoms with van der Waals surface area (Å²) in [4.78, 5) is 4.63. The Hall–Kier alpha value is -2.35. The van der Waals surface area contributed by atoms with E-state index in [-0.39, 0.29) is 0 Å². The van der Waals surface area contributed by atoms with Crippen LogP contribution in [0, 0.1) is 13.8 Å². The van der Waals surface area contributed by atoms with E-state index in [4.69, 9.17) is 0 Å². The molecular formula is C17H16N2. The van der Waals surface area contributed by atoms with Crippen LogP contribution in [-0.2, 0) is 0 Å². The molecule has 2 heteroatoms. The fourth-order valence-corrected chi connectivity index (χ4v) is 2.16. The maximum absolute atomic E-state index is 4.63. The summed E-state index contributed by atoms with van der Waals surface area (Å²) in [5, 5.41) is 4.56. The topological polar surface area (TPSA) is 24.9 Å². The highest BCUT2D eigenvalue weighted by atomic mass is 15.0. The lowest BCUT2D eigenvalue weighted by Gasteiger charge is -2.11. The molecule has 1 aromatic heterocycles. The zero-order valence-electron chi connectivity index (χ0n) is 11.1. The van der Waals surface area contributed by atoms with E-state index in [0.717, 1.165) is 22.4 Å². The molecule has 94 valence electrons. The summed E-state index contributed by atoms with van der Waals surface area (Å²) in [6.45, 7) is 4.24. The van der Waals surface area contributed by atoms with E-state index in [1.54, 1.807) is 0 Å². The van der Waals surface area contributed by atoms with Crippen molar-refractivity contribution in [3.8, 4) is 0 Å². The Morgan fingerprint density at radius 1 is 0.842 bits per heavy atom. The highest BCUT2D eigenvalue weighted by molar-refractivity contribution is 5.80. The van der Waals surface area contributed by atoms with Gasteiger partial charge in [-0.3, -0.25) is 0 Å². The van der Waals surface area contributed by atoms with Gasteiger partial charge >= 0.3 is 0 Å². The van der Waals surface area contributed by atoms with Crippen LogP contribution in [0.5, 0.6) is 0 Å². The first-order chi connectivity index (χ1) is 9.24. The summed E-state index contributed by atoms with van der Waals surface area (Å²) in [6.07, 6.45) is 0. The van der Waals surface area contributed by atoms with E-state index in [1.807, 2.05) is 24.3 Å². The largest absolute Gasteiger partial charge is 0.340 e. The quantitative estimate of drug-likeness (QED) is 0.717. The van der Waals surface area contributed by atoms with Crippen molar-refractivity contribution in [3.05, 3.63) is 65.7 Å². The van der Waals surface area contributed by atoms with Gasteiger partial charge in [0.1, 0.15) is 5.82 Å². The van der Waals surface area contributed by atoms with Gasteiger partial charge in [-0.2, -0.15) is 0 Å². The van der Waals surface area contributed by atoms with Gasteiger partial charge in [0.25, 0.3) is 0 Å². The first-order valence-corrected chi connectivity index (χ1v) is 6.43. The number of para-hydroxylation sites is 1. The van der Waals surface area contributed by atoms with Crippen molar-refractivity contribution in [2.75, 3.05) is 5.32 Å². The molecule has 2 aromatic carbocycles. The van der Waals surface area contributed by atoms with Crippen molar-refractivity contribution >= 4 is 22.4 Å². The second-order valence-electron chi connectivity index (χ2n) is 4.76. The number of rotatable bonds is 2. The number of nitrogens with zero attached hydrogens (tertiary/aromatic N) is 1. The Bertz CT molecular complexity index is 732. The molecule has 0 aliphatic heterocycles. The minimum Gasteiger partial charge on any atom is -0.340 e. The van der Waals surface area contributed by atoms with Crippen molar-refractivity contribution in [2.45, 2.75) is 13.8 Å². The highest BCUT2D eigenvalue weighted by Crippen LogP contribution is 2.23. The van der Waals surface area contributed by atoms with Gasteiger partial charge in [0.15, 0.2) is 0 Å². The van der Waals surface area contributed by atoms with Gasteiger partial charge in [-0.25, -0.2) is 4.98 Å². The zero-order chi connectivity index (χ0) is 13.2. The predicted octanol–water partition coefficient (Wildman–Crippen LogP) is 4.60. The second kappa shape index (κ2) is 4.73. The van der Waals surface area contributed by atoms with Gasteiger partial charge in [0, 0.05) is 11.1 Å². The van der Waals surface area contributed by atoms with E-state index in [0.29, 0.717) is 0 Å². The smallest absolute Gasteiger partial charge is 0.131 e. The number of aromatic nitrogens is 1. The summed E-state index contributed by atoms with van der Waals surface area (Å²) in [7, 11) is 0. The fraction of sp³-hybridized carbons (Fsp3) is 0.118. The molecule has 3 rings (SSSR count). The number of benzene rings is 2. The lowest BCUT2D eigenvalue weighted by atomic mass is 10.1. The first kappa shape index (κ1) is 11.7. The number of hydrogen-bond donors (Lipinski definition) is 1. The lowest BCUT2D eigenvalue weighted by Crippen LogP contribution is -1.97. The van der Waals surface area contributed by atoms with Gasteiger partial charge in [-0.1, -0.05) is 30.3 Å². The summed E-state index contributed by atoms with van der Waals surface area (Å²) < 4.78 is 0. The average Bonchev–Trinajstić information content (AvgIpc) is 2.44. The maximum Gasteiger partial charge on any atom is 0.131 e. The summed E-state index contributed by atoms with van der Waals surface area (Å²) in [5.41, 5.74) is 4.67. The fourth-order valence-electron chi connectivity index (χ4n) is 2.16. The van der Waals surface area contributed by atoms with Gasteiger partial charge in [-0.05, 0) is 49.2 Å². The zero-order valence-corrected chi connectivity index (χ0v) is 11.1. The average molecular weight is 248 g/mol. The van der Waals surface area contributed by atoms with Crippen molar-refractivity contribution in [2.24, 2.45) is 0 Å². The molecule has 0 amide bonds. The van der Waals surface area contributed by atoms with Crippen LogP contribution in [0.3, 0.4) is 0 Å². The van der Waals surface area contributed by atoms with Crippen LogP contribution in [0.15, 0.2) is 54.6 Å². The van der Waals surface area contributed by atoms with Crippen LogP contribution in [0.25, 0.3) is 10.9 Å². The Labute approximate surface area is 113 Å². The van der Waals surface area contributed by atoms with E-state index in [2.05, 4.69) is 54.5 Å². The molecule has 19 heavy (non-hydrogen) atoms. The Morgan fingerprint density at radius 3 is 2.58 bits per heavy atom. The molecule has 0 atom stereocenters. The highest BCUT2D eigenvalue weighted by Gasteiger charge is 2.02. The van der Waals surface area contributed by atoms with Crippen LogP contribution in [0.1, 0.15) is 11.1 Å². The number of pyridine rings is 1. The summed E-state index contributed by atoms with van der Waals surface area (Å²) >= 11 is 0. The van der Waals surface area contributed by atoms with Gasteiger partial charge in [-0.15, -0.1) is 0 Å². The van der Waals surface area contributed by atoms with Crippen LogP contribution < -0.4 is 5.32 Å². The second-order valence-corrected chi connectivity index (χ2v) is 4.76. The third kappa shape index (κ3) is 2.29. The molecule has 0 fully saturated rings. The monoisotopic (exact) mass is 248 g/mol. The molecule has 2 nitrogen and oxygen atoms in total. The van der Waals surface area contributed by atoms with Crippen LogP contribution >= 0.6 is 0 Å². The molecule has 0 saturated heterocycles. The van der Waals surface area contributed by atoms with Crippen LogP contribution in [0.4, 0.5) is 11.5 Å². The van der Waals surface area contributed by atoms with Crippen molar-refractivity contribution in [1.82, 2.24) is 4.98 Å². The van der Waals surface area contributed by atoms with Crippen molar-refractivity contribution in [3.63, 3.8) is 0 Å². The molecule has 3 aromatic rings. The summed E-state index contributed by atoms with van der Waals surface area (Å²) in [6, 6.07) is 18.5. The van der Waals surface area contributed by atoms with Gasteiger partial charge < -0.3 is 5.32 Å². The van der Waals surface area contributed by atoms with Crippen LogP contribution in [-0.4, -0.2) is 4.98 Å². The van der Waals surface area contributed by atoms with E-state index in [9.17, 15) is 0 Å². The molecule has 0 aliphatic rings. The van der Waals surface area contributed by atoms with Gasteiger partial charge in [0.2, 0.25) is 0 Å².